The maximum atomic E-state index is 13.9. The second-order valence-electron chi connectivity index (χ2n) is 10.5. The lowest BCUT2D eigenvalue weighted by Gasteiger charge is -2.43. The van der Waals surface area contributed by atoms with Gasteiger partial charge in [0.05, 0.1) is 0 Å². The Morgan fingerprint density at radius 2 is 1.58 bits per heavy atom. The zero-order valence-electron chi connectivity index (χ0n) is 22.3. The molecule has 0 aliphatic rings. The molecule has 7 heteroatoms. The smallest absolute Gasteiger partial charge is 0.303 e. The van der Waals surface area contributed by atoms with Crippen molar-refractivity contribution < 1.29 is 23.9 Å². The molecule has 0 heterocycles. The Hall–Kier alpha value is -4.00. The molecule has 0 aromatic heterocycles. The van der Waals surface area contributed by atoms with Crippen LogP contribution in [-0.2, 0) is 16.0 Å². The van der Waals surface area contributed by atoms with Crippen LogP contribution in [0.2, 0.25) is 0 Å². The van der Waals surface area contributed by atoms with Gasteiger partial charge in [-0.15, -0.1) is 0 Å². The van der Waals surface area contributed by atoms with Crippen LogP contribution < -0.4 is 5.73 Å². The van der Waals surface area contributed by atoms with E-state index in [0.29, 0.717) is 17.9 Å². The van der Waals surface area contributed by atoms with E-state index in [4.69, 9.17) is 5.73 Å². The number of carboxylic acids is 1. The van der Waals surface area contributed by atoms with Crippen LogP contribution in [0.1, 0.15) is 67.9 Å². The zero-order chi connectivity index (χ0) is 28.0. The zero-order valence-corrected chi connectivity index (χ0v) is 22.3. The van der Waals surface area contributed by atoms with Crippen LogP contribution in [0.15, 0.2) is 72.8 Å². The summed E-state index contributed by atoms with van der Waals surface area (Å²) in [5.41, 5.74) is 9.05. The van der Waals surface area contributed by atoms with Crippen molar-refractivity contribution in [3.05, 3.63) is 95.3 Å². The highest BCUT2D eigenvalue weighted by Crippen LogP contribution is 2.29. The largest absolute Gasteiger partial charge is 0.481 e. The topological polar surface area (TPSA) is 101 Å². The van der Waals surface area contributed by atoms with Gasteiger partial charge in [-0.05, 0) is 79.1 Å². The predicted octanol–water partition coefficient (Wildman–Crippen LogP) is 5.80. The normalized spacial score (nSPS) is 12.3. The maximum Gasteiger partial charge on any atom is 0.303 e. The van der Waals surface area contributed by atoms with Crippen LogP contribution in [0.25, 0.3) is 11.1 Å². The van der Waals surface area contributed by atoms with Gasteiger partial charge in [0, 0.05) is 17.5 Å². The summed E-state index contributed by atoms with van der Waals surface area (Å²) in [5.74, 6) is -2.31. The van der Waals surface area contributed by atoms with Gasteiger partial charge in [-0.2, -0.15) is 0 Å². The average molecular weight is 519 g/mol. The number of amides is 2. The first-order valence-electron chi connectivity index (χ1n) is 12.7. The van der Waals surface area contributed by atoms with E-state index in [1.165, 1.54) is 22.6 Å². The lowest BCUT2D eigenvalue weighted by atomic mass is 9.89. The monoisotopic (exact) mass is 518 g/mol. The van der Waals surface area contributed by atoms with Gasteiger partial charge in [-0.25, -0.2) is 4.39 Å². The average Bonchev–Trinajstić information content (AvgIpc) is 2.87. The summed E-state index contributed by atoms with van der Waals surface area (Å²) in [6, 6.07) is 20.1. The van der Waals surface area contributed by atoms with Crippen molar-refractivity contribution in [1.29, 1.82) is 0 Å². The van der Waals surface area contributed by atoms with Crippen molar-refractivity contribution in [2.45, 2.75) is 64.5 Å². The Morgan fingerprint density at radius 1 is 0.947 bits per heavy atom. The summed E-state index contributed by atoms with van der Waals surface area (Å²) in [5, 5.41) is 9.25. The predicted molar refractivity (Wildman–Crippen MR) is 146 cm³/mol. The second kappa shape index (κ2) is 12.0. The molecule has 3 aromatic rings. The molecule has 0 fully saturated rings. The van der Waals surface area contributed by atoms with Gasteiger partial charge < -0.3 is 15.7 Å². The molecular weight excluding hydrogens is 483 g/mol. The fraction of sp³-hybridized carbons (Fsp3) is 0.323. The lowest BCUT2D eigenvalue weighted by Crippen LogP contribution is -2.58. The van der Waals surface area contributed by atoms with Gasteiger partial charge in [0.25, 0.3) is 5.91 Å². The SMILES string of the molecule is CC(C)c1cccc(-c2ccc(C(=O)N([C@@H](CCC(=O)O)C(N)=O)C(C)(C)Cc3ccc(F)cc3)cc2)c1. The molecule has 3 rings (SSSR count). The number of nitrogens with zero attached hydrogens (tertiary/aromatic N) is 1. The quantitative estimate of drug-likeness (QED) is 0.335. The highest BCUT2D eigenvalue weighted by molar-refractivity contribution is 5.98. The molecule has 2 amide bonds. The van der Waals surface area contributed by atoms with Gasteiger partial charge in [-0.1, -0.05) is 62.4 Å². The first-order valence-corrected chi connectivity index (χ1v) is 12.7. The van der Waals surface area contributed by atoms with Crippen LogP contribution in [0.3, 0.4) is 0 Å². The van der Waals surface area contributed by atoms with Gasteiger partial charge in [0.1, 0.15) is 11.9 Å². The highest BCUT2D eigenvalue weighted by Gasteiger charge is 2.39. The molecule has 0 radical (unpaired) electrons. The Balaban J connectivity index is 1.99. The minimum atomic E-state index is -1.14. The van der Waals surface area contributed by atoms with Crippen LogP contribution in [0.4, 0.5) is 4.39 Å². The number of aliphatic carboxylic acids is 1. The Bertz CT molecular complexity index is 1280. The minimum Gasteiger partial charge on any atom is -0.481 e. The fourth-order valence-corrected chi connectivity index (χ4v) is 4.71. The third kappa shape index (κ3) is 7.06. The molecule has 0 unspecified atom stereocenters. The van der Waals surface area contributed by atoms with Crippen LogP contribution >= 0.6 is 0 Å². The summed E-state index contributed by atoms with van der Waals surface area (Å²) in [6.07, 6.45) is -0.144. The molecule has 3 N–H and O–H groups in total. The molecule has 3 aromatic carbocycles. The third-order valence-corrected chi connectivity index (χ3v) is 6.71. The molecular formula is C31H35FN2O4. The van der Waals surface area contributed by atoms with Crippen molar-refractivity contribution in [3.63, 3.8) is 0 Å². The van der Waals surface area contributed by atoms with E-state index < -0.39 is 29.4 Å². The summed E-state index contributed by atoms with van der Waals surface area (Å²) in [4.78, 5) is 39.2. The highest BCUT2D eigenvalue weighted by atomic mass is 19.1. The number of hydrogen-bond donors (Lipinski definition) is 2. The van der Waals surface area contributed by atoms with E-state index in [0.717, 1.165) is 16.7 Å². The summed E-state index contributed by atoms with van der Waals surface area (Å²) >= 11 is 0. The number of carboxylic acid groups (broad SMARTS) is 1. The van der Waals surface area contributed by atoms with Crippen LogP contribution in [-0.4, -0.2) is 39.4 Å². The number of halogens is 1. The van der Waals surface area contributed by atoms with Gasteiger partial charge in [0.15, 0.2) is 0 Å². The molecule has 0 saturated carbocycles. The third-order valence-electron chi connectivity index (χ3n) is 6.71. The molecule has 1 atom stereocenters. The number of nitrogens with two attached hydrogens (primary N) is 1. The number of carbonyl (C=O) groups is 3. The first kappa shape index (κ1) is 28.6. The summed E-state index contributed by atoms with van der Waals surface area (Å²) in [7, 11) is 0. The minimum absolute atomic E-state index is 0.122. The molecule has 0 aliphatic carbocycles. The molecule has 200 valence electrons. The summed E-state index contributed by atoms with van der Waals surface area (Å²) < 4.78 is 13.5. The van der Waals surface area contributed by atoms with E-state index in [9.17, 15) is 23.9 Å². The van der Waals surface area contributed by atoms with E-state index in [-0.39, 0.29) is 18.7 Å². The molecule has 0 saturated heterocycles. The lowest BCUT2D eigenvalue weighted by molar-refractivity contribution is -0.137. The first-order chi connectivity index (χ1) is 17.9. The van der Waals surface area contributed by atoms with Crippen molar-refractivity contribution in [3.8, 4) is 11.1 Å². The molecule has 0 bridgehead atoms. The van der Waals surface area contributed by atoms with E-state index in [1.807, 2.05) is 24.3 Å². The molecule has 6 nitrogen and oxygen atoms in total. The Labute approximate surface area is 223 Å². The second-order valence-corrected chi connectivity index (χ2v) is 10.5. The molecule has 0 aliphatic heterocycles. The molecule has 38 heavy (non-hydrogen) atoms. The summed E-state index contributed by atoms with van der Waals surface area (Å²) in [6.45, 7) is 7.83. The molecule has 0 spiro atoms. The number of rotatable bonds is 11. The number of carbonyl (C=O) groups excluding carboxylic acids is 2. The van der Waals surface area contributed by atoms with Crippen molar-refractivity contribution in [2.24, 2.45) is 5.73 Å². The van der Waals surface area contributed by atoms with Crippen molar-refractivity contribution in [2.75, 3.05) is 0 Å². The van der Waals surface area contributed by atoms with Crippen LogP contribution in [0.5, 0.6) is 0 Å². The van der Waals surface area contributed by atoms with Crippen molar-refractivity contribution >= 4 is 17.8 Å². The van der Waals surface area contributed by atoms with Gasteiger partial charge in [-0.3, -0.25) is 14.4 Å². The Morgan fingerprint density at radius 3 is 2.13 bits per heavy atom. The van der Waals surface area contributed by atoms with E-state index in [1.54, 1.807) is 38.1 Å². The van der Waals surface area contributed by atoms with Gasteiger partial charge in [0.2, 0.25) is 5.91 Å². The van der Waals surface area contributed by atoms with E-state index >= 15 is 0 Å². The number of primary amides is 1. The number of benzene rings is 3. The maximum absolute atomic E-state index is 13.9. The number of hydrogen-bond acceptors (Lipinski definition) is 3. The van der Waals surface area contributed by atoms with Gasteiger partial charge >= 0.3 is 5.97 Å². The van der Waals surface area contributed by atoms with E-state index in [2.05, 4.69) is 26.0 Å². The Kier molecular flexibility index (Phi) is 9.04. The standard InChI is InChI=1S/C31H35FN2O4/c1-20(2)24-6-5-7-25(18-24)22-10-12-23(13-11-22)30(38)34(27(29(33)37)16-17-28(35)36)31(3,4)19-21-8-14-26(32)15-9-21/h5-15,18,20,27H,16-17,19H2,1-4H3,(H2,33,37)(H,35,36)/t27-/m0/s1. The van der Waals surface area contributed by atoms with Crippen molar-refractivity contribution in [1.82, 2.24) is 4.90 Å². The van der Waals surface area contributed by atoms with Crippen LogP contribution in [0, 0.1) is 5.82 Å². The fourth-order valence-electron chi connectivity index (χ4n) is 4.71.